The van der Waals surface area contributed by atoms with Crippen molar-refractivity contribution in [2.45, 2.75) is 32.5 Å². The average molecular weight is 294 g/mol. The Kier molecular flexibility index (Phi) is 4.49. The summed E-state index contributed by atoms with van der Waals surface area (Å²) < 4.78 is 11.0. The molecule has 0 bridgehead atoms. The van der Waals surface area contributed by atoms with Crippen LogP contribution < -0.4 is 5.56 Å². The number of ether oxygens (including phenoxy) is 2. The molecule has 1 aromatic heterocycles. The summed E-state index contributed by atoms with van der Waals surface area (Å²) in [6, 6.07) is 3.30. The third-order valence-corrected chi connectivity index (χ3v) is 3.41. The predicted octanol–water partition coefficient (Wildman–Crippen LogP) is 0.949. The van der Waals surface area contributed by atoms with Gasteiger partial charge < -0.3 is 19.4 Å². The summed E-state index contributed by atoms with van der Waals surface area (Å²) in [4.78, 5) is 28.8. The van der Waals surface area contributed by atoms with Crippen molar-refractivity contribution in [3.05, 3.63) is 33.7 Å². The van der Waals surface area contributed by atoms with Gasteiger partial charge in [-0.2, -0.15) is 0 Å². The van der Waals surface area contributed by atoms with Crippen LogP contribution in [0.5, 0.6) is 0 Å². The standard InChI is InChI=1S/C15H22N2O4/c1-10-5-6-12(13(18)16-10)14(19)17-7-11(8-20-4)21-15(2,3)9-17/h5-6,11H,7-9H2,1-4H3,(H,16,18)/t11-/m1/s1. The number of nitrogens with one attached hydrogen (secondary N) is 1. The zero-order valence-corrected chi connectivity index (χ0v) is 12.9. The molecular weight excluding hydrogens is 272 g/mol. The second-order valence-electron chi connectivity index (χ2n) is 6.02. The van der Waals surface area contributed by atoms with Gasteiger partial charge in [-0.1, -0.05) is 0 Å². The van der Waals surface area contributed by atoms with Crippen LogP contribution in [0, 0.1) is 6.92 Å². The number of carbonyl (C=O) groups is 1. The third kappa shape index (κ3) is 3.71. The summed E-state index contributed by atoms with van der Waals surface area (Å²) in [7, 11) is 1.60. The van der Waals surface area contributed by atoms with Crippen molar-refractivity contribution in [1.29, 1.82) is 0 Å². The van der Waals surface area contributed by atoms with Gasteiger partial charge in [0, 0.05) is 25.9 Å². The predicted molar refractivity (Wildman–Crippen MR) is 78.5 cm³/mol. The van der Waals surface area contributed by atoms with Crippen molar-refractivity contribution in [3.8, 4) is 0 Å². The summed E-state index contributed by atoms with van der Waals surface area (Å²) in [5.41, 5.74) is 0.0763. The van der Waals surface area contributed by atoms with Crippen LogP contribution in [-0.4, -0.2) is 54.3 Å². The van der Waals surface area contributed by atoms with Crippen LogP contribution in [0.4, 0.5) is 0 Å². The van der Waals surface area contributed by atoms with Gasteiger partial charge in [-0.05, 0) is 32.9 Å². The molecule has 0 spiro atoms. The number of aryl methyl sites for hydroxylation is 1. The molecule has 1 aliphatic rings. The van der Waals surface area contributed by atoms with E-state index in [9.17, 15) is 9.59 Å². The molecule has 6 heteroatoms. The van der Waals surface area contributed by atoms with Crippen LogP contribution in [0.15, 0.2) is 16.9 Å². The normalized spacial score (nSPS) is 21.3. The number of methoxy groups -OCH3 is 1. The first kappa shape index (κ1) is 15.7. The molecular formula is C15H22N2O4. The highest BCUT2D eigenvalue weighted by Gasteiger charge is 2.36. The molecule has 2 heterocycles. The van der Waals surface area contributed by atoms with E-state index in [1.165, 1.54) is 0 Å². The monoisotopic (exact) mass is 294 g/mol. The van der Waals surface area contributed by atoms with Gasteiger partial charge in [-0.15, -0.1) is 0 Å². The molecule has 1 aromatic rings. The number of amides is 1. The van der Waals surface area contributed by atoms with Crippen molar-refractivity contribution in [1.82, 2.24) is 9.88 Å². The topological polar surface area (TPSA) is 71.6 Å². The number of nitrogens with zero attached hydrogens (tertiary/aromatic N) is 1. The van der Waals surface area contributed by atoms with Crippen LogP contribution in [0.2, 0.25) is 0 Å². The van der Waals surface area contributed by atoms with E-state index in [-0.39, 0.29) is 23.1 Å². The van der Waals surface area contributed by atoms with Gasteiger partial charge in [-0.3, -0.25) is 9.59 Å². The van der Waals surface area contributed by atoms with E-state index < -0.39 is 5.60 Å². The lowest BCUT2D eigenvalue weighted by Crippen LogP contribution is -2.56. The molecule has 2 rings (SSSR count). The zero-order chi connectivity index (χ0) is 15.6. The molecule has 1 N–H and O–H groups in total. The second-order valence-corrected chi connectivity index (χ2v) is 6.02. The fourth-order valence-electron chi connectivity index (χ4n) is 2.63. The average Bonchev–Trinajstić information content (AvgIpc) is 2.36. The van der Waals surface area contributed by atoms with E-state index in [0.29, 0.717) is 19.7 Å². The summed E-state index contributed by atoms with van der Waals surface area (Å²) in [5, 5.41) is 0. The Hall–Kier alpha value is -1.66. The van der Waals surface area contributed by atoms with Crippen LogP contribution >= 0.6 is 0 Å². The number of pyridine rings is 1. The van der Waals surface area contributed by atoms with Gasteiger partial charge in [0.2, 0.25) is 0 Å². The van der Waals surface area contributed by atoms with Crippen molar-refractivity contribution >= 4 is 5.91 Å². The number of rotatable bonds is 3. The SMILES string of the molecule is COC[C@H]1CN(C(=O)c2ccc(C)[nH]c2=O)CC(C)(C)O1. The zero-order valence-electron chi connectivity index (χ0n) is 12.9. The van der Waals surface area contributed by atoms with E-state index in [4.69, 9.17) is 9.47 Å². The van der Waals surface area contributed by atoms with Crippen LogP contribution in [0.3, 0.4) is 0 Å². The number of morpholine rings is 1. The van der Waals surface area contributed by atoms with Crippen molar-refractivity contribution in [2.24, 2.45) is 0 Å². The van der Waals surface area contributed by atoms with Gasteiger partial charge in [-0.25, -0.2) is 0 Å². The Morgan fingerprint density at radius 3 is 2.86 bits per heavy atom. The highest BCUT2D eigenvalue weighted by Crippen LogP contribution is 2.22. The number of carbonyl (C=O) groups excluding carboxylic acids is 1. The maximum absolute atomic E-state index is 12.6. The van der Waals surface area contributed by atoms with E-state index in [1.54, 1.807) is 31.1 Å². The molecule has 0 aromatic carbocycles. The molecule has 116 valence electrons. The van der Waals surface area contributed by atoms with Crippen molar-refractivity contribution in [2.75, 3.05) is 26.8 Å². The van der Waals surface area contributed by atoms with Gasteiger partial charge in [0.1, 0.15) is 5.56 Å². The molecule has 1 saturated heterocycles. The largest absolute Gasteiger partial charge is 0.382 e. The minimum absolute atomic E-state index is 0.162. The fraction of sp³-hybridized carbons (Fsp3) is 0.600. The third-order valence-electron chi connectivity index (χ3n) is 3.41. The Labute approximate surface area is 124 Å². The van der Waals surface area contributed by atoms with Crippen molar-refractivity contribution < 1.29 is 14.3 Å². The molecule has 6 nitrogen and oxygen atoms in total. The van der Waals surface area contributed by atoms with Crippen LogP contribution in [0.25, 0.3) is 0 Å². The highest BCUT2D eigenvalue weighted by molar-refractivity contribution is 5.94. The lowest BCUT2D eigenvalue weighted by Gasteiger charge is -2.42. The lowest BCUT2D eigenvalue weighted by molar-refractivity contribution is -0.143. The van der Waals surface area contributed by atoms with E-state index >= 15 is 0 Å². The van der Waals surface area contributed by atoms with Gasteiger partial charge in [0.05, 0.1) is 18.3 Å². The summed E-state index contributed by atoms with van der Waals surface area (Å²) in [6.07, 6.45) is -0.188. The van der Waals surface area contributed by atoms with Gasteiger partial charge in [0.15, 0.2) is 0 Å². The Morgan fingerprint density at radius 1 is 1.52 bits per heavy atom. The Bertz CT molecular complexity index is 579. The van der Waals surface area contributed by atoms with E-state index in [1.807, 2.05) is 13.8 Å². The Morgan fingerprint density at radius 2 is 2.24 bits per heavy atom. The number of hydrogen-bond acceptors (Lipinski definition) is 4. The highest BCUT2D eigenvalue weighted by atomic mass is 16.5. The lowest BCUT2D eigenvalue weighted by atomic mass is 10.0. The molecule has 1 fully saturated rings. The molecule has 1 aliphatic heterocycles. The molecule has 0 unspecified atom stereocenters. The Balaban J connectivity index is 2.23. The van der Waals surface area contributed by atoms with Gasteiger partial charge in [0.25, 0.3) is 11.5 Å². The first-order valence-electron chi connectivity index (χ1n) is 6.98. The summed E-state index contributed by atoms with van der Waals surface area (Å²) in [5.74, 6) is -0.270. The number of aromatic amines is 1. The fourth-order valence-corrected chi connectivity index (χ4v) is 2.63. The number of hydrogen-bond donors (Lipinski definition) is 1. The molecule has 1 amide bonds. The maximum atomic E-state index is 12.6. The number of H-pyrrole nitrogens is 1. The molecule has 1 atom stereocenters. The first-order chi connectivity index (χ1) is 9.82. The van der Waals surface area contributed by atoms with Crippen LogP contribution in [0.1, 0.15) is 29.9 Å². The smallest absolute Gasteiger partial charge is 0.260 e. The van der Waals surface area contributed by atoms with E-state index in [2.05, 4.69) is 4.98 Å². The van der Waals surface area contributed by atoms with E-state index in [0.717, 1.165) is 5.69 Å². The minimum atomic E-state index is -0.464. The molecule has 0 aliphatic carbocycles. The molecule has 0 radical (unpaired) electrons. The number of aromatic nitrogens is 1. The van der Waals surface area contributed by atoms with Gasteiger partial charge >= 0.3 is 0 Å². The molecule has 0 saturated carbocycles. The van der Waals surface area contributed by atoms with Crippen molar-refractivity contribution in [3.63, 3.8) is 0 Å². The summed E-state index contributed by atoms with van der Waals surface area (Å²) in [6.45, 7) is 6.91. The first-order valence-corrected chi connectivity index (χ1v) is 6.98. The quantitative estimate of drug-likeness (QED) is 0.901. The maximum Gasteiger partial charge on any atom is 0.260 e. The molecule has 21 heavy (non-hydrogen) atoms. The second kappa shape index (κ2) is 5.99. The minimum Gasteiger partial charge on any atom is -0.382 e. The summed E-state index contributed by atoms with van der Waals surface area (Å²) >= 11 is 0. The van der Waals surface area contributed by atoms with Crippen LogP contribution in [-0.2, 0) is 9.47 Å².